The molecule has 1 atom stereocenters. The molecule has 0 spiro atoms. The smallest absolute Gasteiger partial charge is 0.340 e. The lowest BCUT2D eigenvalue weighted by Gasteiger charge is -2.16. The Labute approximate surface area is 179 Å². The van der Waals surface area contributed by atoms with Crippen LogP contribution in [0.15, 0.2) is 25.8 Å². The molecule has 31 heavy (non-hydrogen) atoms. The van der Waals surface area contributed by atoms with Gasteiger partial charge in [-0.05, 0) is 50.2 Å². The average molecular weight is 425 g/mol. The van der Waals surface area contributed by atoms with E-state index in [1.165, 1.54) is 5.56 Å². The van der Waals surface area contributed by atoms with Gasteiger partial charge in [0.15, 0.2) is 0 Å². The maximum atomic E-state index is 12.6. The highest BCUT2D eigenvalue weighted by atomic mass is 16.4. The minimum absolute atomic E-state index is 0.108. The minimum atomic E-state index is -1.09. The summed E-state index contributed by atoms with van der Waals surface area (Å²) in [5.74, 6) is -0.487. The first-order chi connectivity index (χ1) is 14.7. The highest BCUT2D eigenvalue weighted by Gasteiger charge is 2.24. The van der Waals surface area contributed by atoms with Crippen molar-refractivity contribution in [3.8, 4) is 0 Å². The largest absolute Gasteiger partial charge is 0.480 e. The standard InChI is InChI=1S/C24H27NO6/c1-12(2)8-18(23(27)28)25-22(26)10-16-13(3)15-9-17-14-6-4-5-7-19(14)30-21(17)11-20(15)31-24(16)29/h9,11-12,18H,4-8,10H2,1-3H3,(H,25,26)(H,27,28). The fourth-order valence-corrected chi connectivity index (χ4v) is 4.45. The lowest BCUT2D eigenvalue weighted by Crippen LogP contribution is -2.42. The van der Waals surface area contributed by atoms with E-state index in [1.54, 1.807) is 13.0 Å². The summed E-state index contributed by atoms with van der Waals surface area (Å²) < 4.78 is 11.5. The number of amides is 1. The molecule has 7 heteroatoms. The van der Waals surface area contributed by atoms with Crippen LogP contribution >= 0.6 is 0 Å². The quantitative estimate of drug-likeness (QED) is 0.580. The Morgan fingerprint density at radius 2 is 1.81 bits per heavy atom. The number of carbonyl (C=O) groups is 2. The third-order valence-corrected chi connectivity index (χ3v) is 6.04. The SMILES string of the molecule is Cc1c(CC(=O)NC(CC(C)C)C(=O)O)c(=O)oc2cc3oc4c(c3cc12)CCCC4. The number of fused-ring (bicyclic) bond motifs is 4. The number of carboxylic acid groups (broad SMARTS) is 1. The number of carbonyl (C=O) groups excluding carboxylic acids is 1. The Bertz CT molecular complexity index is 1230. The molecule has 7 nitrogen and oxygen atoms in total. The van der Waals surface area contributed by atoms with Crippen LogP contribution in [0.1, 0.15) is 55.6 Å². The molecule has 1 aliphatic carbocycles. The summed E-state index contributed by atoms with van der Waals surface area (Å²) in [5.41, 5.74) is 2.68. The normalized spacial score (nSPS) is 14.7. The van der Waals surface area contributed by atoms with Gasteiger partial charge in [0.05, 0.1) is 12.0 Å². The monoisotopic (exact) mass is 425 g/mol. The number of carboxylic acids is 1. The molecule has 0 saturated heterocycles. The first-order valence-electron chi connectivity index (χ1n) is 10.8. The molecule has 0 saturated carbocycles. The third-order valence-electron chi connectivity index (χ3n) is 6.04. The average Bonchev–Trinajstić information content (AvgIpc) is 3.06. The van der Waals surface area contributed by atoms with Crippen molar-refractivity contribution in [2.45, 2.75) is 65.3 Å². The first kappa shape index (κ1) is 21.2. The number of hydrogen-bond acceptors (Lipinski definition) is 5. The number of nitrogens with one attached hydrogen (secondary N) is 1. The number of aliphatic carboxylic acids is 1. The highest BCUT2D eigenvalue weighted by molar-refractivity contribution is 5.97. The van der Waals surface area contributed by atoms with Gasteiger partial charge in [-0.3, -0.25) is 4.79 Å². The minimum Gasteiger partial charge on any atom is -0.480 e. The van der Waals surface area contributed by atoms with Crippen LogP contribution in [0.4, 0.5) is 0 Å². The van der Waals surface area contributed by atoms with Gasteiger partial charge in [0.25, 0.3) is 0 Å². The van der Waals surface area contributed by atoms with Gasteiger partial charge in [0.1, 0.15) is 23.0 Å². The summed E-state index contributed by atoms with van der Waals surface area (Å²) in [7, 11) is 0. The second-order valence-electron chi connectivity index (χ2n) is 8.81. The van der Waals surface area contributed by atoms with Crippen molar-refractivity contribution in [3.05, 3.63) is 45.0 Å². The summed E-state index contributed by atoms with van der Waals surface area (Å²) in [6.45, 7) is 5.57. The molecular weight excluding hydrogens is 398 g/mol. The summed E-state index contributed by atoms with van der Waals surface area (Å²) in [6.07, 6.45) is 4.19. The van der Waals surface area contributed by atoms with E-state index in [-0.39, 0.29) is 17.9 Å². The van der Waals surface area contributed by atoms with E-state index in [4.69, 9.17) is 8.83 Å². The van der Waals surface area contributed by atoms with Crippen LogP contribution in [-0.2, 0) is 28.9 Å². The molecule has 3 aromatic rings. The lowest BCUT2D eigenvalue weighted by atomic mass is 9.94. The first-order valence-corrected chi connectivity index (χ1v) is 10.8. The maximum absolute atomic E-state index is 12.6. The van der Waals surface area contributed by atoms with Crippen LogP contribution in [0.3, 0.4) is 0 Å². The van der Waals surface area contributed by atoms with Crippen LogP contribution in [0.25, 0.3) is 21.9 Å². The molecule has 164 valence electrons. The summed E-state index contributed by atoms with van der Waals surface area (Å²) >= 11 is 0. The fraction of sp³-hybridized carbons (Fsp3) is 0.458. The predicted octanol–water partition coefficient (Wildman–Crippen LogP) is 3.88. The van der Waals surface area contributed by atoms with Gasteiger partial charge in [-0.2, -0.15) is 0 Å². The fourth-order valence-electron chi connectivity index (χ4n) is 4.45. The van der Waals surface area contributed by atoms with Crippen molar-refractivity contribution in [1.82, 2.24) is 5.32 Å². The maximum Gasteiger partial charge on any atom is 0.340 e. The van der Waals surface area contributed by atoms with Gasteiger partial charge in [-0.1, -0.05) is 13.8 Å². The Balaban J connectivity index is 1.69. The van der Waals surface area contributed by atoms with Crippen LogP contribution in [0.5, 0.6) is 0 Å². The number of hydrogen-bond donors (Lipinski definition) is 2. The van der Waals surface area contributed by atoms with Crippen molar-refractivity contribution in [1.29, 1.82) is 0 Å². The second-order valence-corrected chi connectivity index (χ2v) is 8.81. The molecule has 0 bridgehead atoms. The molecule has 4 rings (SSSR count). The van der Waals surface area contributed by atoms with Crippen LogP contribution in [0.2, 0.25) is 0 Å². The number of benzene rings is 1. The molecular formula is C24H27NO6. The van der Waals surface area contributed by atoms with Crippen molar-refractivity contribution in [2.24, 2.45) is 5.92 Å². The Morgan fingerprint density at radius 1 is 1.10 bits per heavy atom. The molecule has 1 amide bonds. The zero-order valence-corrected chi connectivity index (χ0v) is 18.0. The molecule has 1 aliphatic rings. The Hall–Kier alpha value is -3.09. The molecule has 2 aromatic heterocycles. The molecule has 0 fully saturated rings. The topological polar surface area (TPSA) is 110 Å². The van der Waals surface area contributed by atoms with Gasteiger partial charge in [-0.15, -0.1) is 0 Å². The summed E-state index contributed by atoms with van der Waals surface area (Å²) in [5, 5.41) is 13.7. The van der Waals surface area contributed by atoms with E-state index in [9.17, 15) is 19.5 Å². The molecule has 2 heterocycles. The zero-order valence-electron chi connectivity index (χ0n) is 18.0. The molecule has 0 aliphatic heterocycles. The van der Waals surface area contributed by atoms with Crippen molar-refractivity contribution < 1.29 is 23.5 Å². The Morgan fingerprint density at radius 3 is 2.52 bits per heavy atom. The van der Waals surface area contributed by atoms with Gasteiger partial charge in [0, 0.05) is 28.8 Å². The van der Waals surface area contributed by atoms with E-state index in [1.807, 2.05) is 19.9 Å². The van der Waals surface area contributed by atoms with Crippen molar-refractivity contribution >= 4 is 33.8 Å². The zero-order chi connectivity index (χ0) is 22.3. The molecule has 1 unspecified atom stereocenters. The Kier molecular flexibility index (Phi) is 5.60. The number of aryl methyl sites for hydroxylation is 3. The highest BCUT2D eigenvalue weighted by Crippen LogP contribution is 2.35. The van der Waals surface area contributed by atoms with E-state index in [0.717, 1.165) is 42.2 Å². The van der Waals surface area contributed by atoms with Gasteiger partial charge in [-0.25, -0.2) is 9.59 Å². The van der Waals surface area contributed by atoms with E-state index in [0.29, 0.717) is 23.2 Å². The van der Waals surface area contributed by atoms with E-state index >= 15 is 0 Å². The predicted molar refractivity (Wildman–Crippen MR) is 116 cm³/mol. The van der Waals surface area contributed by atoms with Gasteiger partial charge < -0.3 is 19.3 Å². The summed E-state index contributed by atoms with van der Waals surface area (Å²) in [4.78, 5) is 36.6. The van der Waals surface area contributed by atoms with Crippen LogP contribution < -0.4 is 10.9 Å². The van der Waals surface area contributed by atoms with Gasteiger partial charge >= 0.3 is 11.6 Å². The molecule has 2 N–H and O–H groups in total. The van der Waals surface area contributed by atoms with Crippen LogP contribution in [-0.4, -0.2) is 23.0 Å². The van der Waals surface area contributed by atoms with E-state index < -0.39 is 23.5 Å². The second kappa shape index (κ2) is 8.21. The van der Waals surface area contributed by atoms with Crippen LogP contribution in [0, 0.1) is 12.8 Å². The van der Waals surface area contributed by atoms with Gasteiger partial charge in [0.2, 0.25) is 5.91 Å². The van der Waals surface area contributed by atoms with Crippen molar-refractivity contribution in [3.63, 3.8) is 0 Å². The third kappa shape index (κ3) is 4.09. The number of rotatable bonds is 6. The molecule has 0 radical (unpaired) electrons. The van der Waals surface area contributed by atoms with E-state index in [2.05, 4.69) is 5.32 Å². The lowest BCUT2D eigenvalue weighted by molar-refractivity contribution is -0.142. The number of furan rings is 1. The van der Waals surface area contributed by atoms with Crippen molar-refractivity contribution in [2.75, 3.05) is 0 Å². The molecule has 1 aromatic carbocycles. The summed E-state index contributed by atoms with van der Waals surface area (Å²) in [6, 6.07) is 2.75.